The Bertz CT molecular complexity index is 937. The molecule has 2 fully saturated rings. The first-order valence-corrected chi connectivity index (χ1v) is 10.6. The van der Waals surface area contributed by atoms with E-state index in [1.807, 2.05) is 38.1 Å². The monoisotopic (exact) mass is 410 g/mol. The van der Waals surface area contributed by atoms with Crippen LogP contribution in [-0.4, -0.2) is 22.0 Å². The number of hydrogen-bond acceptors (Lipinski definition) is 4. The van der Waals surface area contributed by atoms with Gasteiger partial charge in [0.05, 0.1) is 0 Å². The van der Waals surface area contributed by atoms with E-state index in [0.29, 0.717) is 28.9 Å². The fraction of sp³-hybridized carbons (Fsp3) is 0.391. The Balaban J connectivity index is 1.42. The van der Waals surface area contributed by atoms with Crippen molar-refractivity contribution in [2.45, 2.75) is 58.6 Å². The highest BCUT2D eigenvalue weighted by Gasteiger charge is 2.36. The molecule has 1 saturated carbocycles. The number of aryl methyl sites for hydroxylation is 2. The van der Waals surface area contributed by atoms with Gasteiger partial charge in [0, 0.05) is 12.1 Å². The summed E-state index contributed by atoms with van der Waals surface area (Å²) in [7, 11) is 0. The van der Waals surface area contributed by atoms with Crippen LogP contribution >= 0.6 is 12.2 Å². The molecular weight excluding hydrogens is 384 g/mol. The zero-order valence-electron chi connectivity index (χ0n) is 16.9. The highest BCUT2D eigenvalue weighted by molar-refractivity contribution is 7.80. The van der Waals surface area contributed by atoms with Crippen molar-refractivity contribution in [3.8, 4) is 5.75 Å². The second-order valence-electron chi connectivity index (χ2n) is 7.87. The predicted molar refractivity (Wildman–Crippen MR) is 116 cm³/mol. The van der Waals surface area contributed by atoms with Crippen LogP contribution in [0, 0.1) is 13.8 Å². The molecule has 2 aliphatic rings. The minimum atomic E-state index is -0.0636. The van der Waals surface area contributed by atoms with Gasteiger partial charge < -0.3 is 14.5 Å². The molecule has 1 aromatic heterocycles. The summed E-state index contributed by atoms with van der Waals surface area (Å²) in [6.45, 7) is 4.42. The number of ether oxygens (including phenoxy) is 1. The Morgan fingerprint density at radius 1 is 1.17 bits per heavy atom. The molecule has 1 N–H and O–H groups in total. The Morgan fingerprint density at radius 3 is 2.62 bits per heavy atom. The fourth-order valence-corrected chi connectivity index (χ4v) is 4.42. The van der Waals surface area contributed by atoms with Crippen molar-refractivity contribution in [1.82, 2.24) is 10.2 Å². The molecular formula is C23H26N2O3S. The second-order valence-corrected chi connectivity index (χ2v) is 8.26. The molecule has 29 heavy (non-hydrogen) atoms. The zero-order valence-corrected chi connectivity index (χ0v) is 17.7. The van der Waals surface area contributed by atoms with Gasteiger partial charge >= 0.3 is 0 Å². The van der Waals surface area contributed by atoms with Gasteiger partial charge in [-0.3, -0.25) is 9.69 Å². The van der Waals surface area contributed by atoms with Crippen LogP contribution in [0.2, 0.25) is 0 Å². The van der Waals surface area contributed by atoms with Crippen LogP contribution in [0.3, 0.4) is 0 Å². The summed E-state index contributed by atoms with van der Waals surface area (Å²) in [5.41, 5.74) is 2.79. The maximum atomic E-state index is 12.8. The predicted octanol–water partition coefficient (Wildman–Crippen LogP) is 4.87. The molecule has 1 aromatic carbocycles. The number of carbonyl (C=O) groups is 1. The molecule has 6 heteroatoms. The van der Waals surface area contributed by atoms with Crippen LogP contribution in [0.25, 0.3) is 6.08 Å². The summed E-state index contributed by atoms with van der Waals surface area (Å²) in [6, 6.07) is 10.0. The van der Waals surface area contributed by atoms with Crippen molar-refractivity contribution >= 4 is 29.3 Å². The van der Waals surface area contributed by atoms with Gasteiger partial charge in [-0.2, -0.15) is 0 Å². The smallest absolute Gasteiger partial charge is 0.276 e. The average Bonchev–Trinajstić information content (AvgIpc) is 3.24. The lowest BCUT2D eigenvalue weighted by Crippen LogP contribution is -2.41. The Kier molecular flexibility index (Phi) is 5.72. The van der Waals surface area contributed by atoms with Gasteiger partial charge in [0.2, 0.25) is 0 Å². The molecule has 0 radical (unpaired) electrons. The van der Waals surface area contributed by atoms with Gasteiger partial charge in [0.25, 0.3) is 5.91 Å². The summed E-state index contributed by atoms with van der Waals surface area (Å²) in [6.07, 6.45) is 7.29. The normalized spacial score (nSPS) is 19.1. The summed E-state index contributed by atoms with van der Waals surface area (Å²) >= 11 is 5.42. The van der Waals surface area contributed by atoms with E-state index in [0.717, 1.165) is 42.6 Å². The van der Waals surface area contributed by atoms with Crippen LogP contribution < -0.4 is 10.1 Å². The van der Waals surface area contributed by atoms with Crippen LogP contribution in [0.1, 0.15) is 54.8 Å². The summed E-state index contributed by atoms with van der Waals surface area (Å²) in [4.78, 5) is 14.6. The Labute approximate surface area is 176 Å². The lowest BCUT2D eigenvalue weighted by molar-refractivity contribution is -0.124. The molecule has 1 aliphatic heterocycles. The van der Waals surface area contributed by atoms with E-state index in [9.17, 15) is 4.79 Å². The number of nitrogens with one attached hydrogen (secondary N) is 1. The third kappa shape index (κ3) is 4.53. The summed E-state index contributed by atoms with van der Waals surface area (Å²) < 4.78 is 11.7. The molecule has 1 amide bonds. The van der Waals surface area contributed by atoms with Crippen molar-refractivity contribution in [3.05, 3.63) is 58.7 Å². The first kappa shape index (κ1) is 19.7. The largest absolute Gasteiger partial charge is 0.486 e. The van der Waals surface area contributed by atoms with Crippen LogP contribution in [0.4, 0.5) is 0 Å². The molecule has 5 nitrogen and oxygen atoms in total. The van der Waals surface area contributed by atoms with Gasteiger partial charge in [-0.05, 0) is 74.3 Å². The maximum Gasteiger partial charge on any atom is 0.276 e. The Hall–Kier alpha value is -2.60. The SMILES string of the molecule is Cc1cc(C)cc(OCc2ccc(/C=C3/NC(=S)N(C4CCCCC4)C3=O)o2)c1. The van der Waals surface area contributed by atoms with E-state index >= 15 is 0 Å². The quantitative estimate of drug-likeness (QED) is 0.563. The maximum absolute atomic E-state index is 12.8. The lowest BCUT2D eigenvalue weighted by Gasteiger charge is -2.29. The average molecular weight is 411 g/mol. The van der Waals surface area contributed by atoms with E-state index in [1.54, 1.807) is 11.0 Å². The second kappa shape index (κ2) is 8.41. The molecule has 4 rings (SSSR count). The third-order valence-corrected chi connectivity index (χ3v) is 5.69. The van der Waals surface area contributed by atoms with Gasteiger partial charge in [0.1, 0.15) is 29.6 Å². The number of thiocarbonyl (C=S) groups is 1. The Morgan fingerprint density at radius 2 is 1.90 bits per heavy atom. The summed E-state index contributed by atoms with van der Waals surface area (Å²) in [5, 5.41) is 3.55. The minimum Gasteiger partial charge on any atom is -0.486 e. The van der Waals surface area contributed by atoms with E-state index in [4.69, 9.17) is 21.4 Å². The molecule has 0 atom stereocenters. The highest BCUT2D eigenvalue weighted by atomic mass is 32.1. The van der Waals surface area contributed by atoms with Crippen molar-refractivity contribution < 1.29 is 13.9 Å². The topological polar surface area (TPSA) is 54.7 Å². The third-order valence-electron chi connectivity index (χ3n) is 5.39. The van der Waals surface area contributed by atoms with Crippen molar-refractivity contribution in [2.24, 2.45) is 0 Å². The van der Waals surface area contributed by atoms with Gasteiger partial charge in [-0.25, -0.2) is 0 Å². The number of furan rings is 1. The van der Waals surface area contributed by atoms with Gasteiger partial charge in [-0.1, -0.05) is 25.3 Å². The zero-order chi connectivity index (χ0) is 20.4. The molecule has 2 aromatic rings. The molecule has 1 aliphatic carbocycles. The van der Waals surface area contributed by atoms with Crippen LogP contribution in [0.5, 0.6) is 5.75 Å². The number of rotatable bonds is 5. The number of hydrogen-bond donors (Lipinski definition) is 1. The standard InChI is InChI=1S/C23H26N2O3S/c1-15-10-16(2)12-20(11-15)27-14-19-9-8-18(28-19)13-21-22(26)25(23(29)24-21)17-6-4-3-5-7-17/h8-13,17H,3-7,14H2,1-2H3,(H,24,29)/b21-13+. The fourth-order valence-electron chi connectivity index (χ4n) is 4.08. The van der Waals surface area contributed by atoms with Crippen molar-refractivity contribution in [1.29, 1.82) is 0 Å². The highest BCUT2D eigenvalue weighted by Crippen LogP contribution is 2.27. The van der Waals surface area contributed by atoms with Crippen LogP contribution in [0.15, 0.2) is 40.4 Å². The van der Waals surface area contributed by atoms with E-state index in [1.165, 1.54) is 6.42 Å². The molecule has 0 spiro atoms. The molecule has 2 heterocycles. The van der Waals surface area contributed by atoms with Crippen LogP contribution in [-0.2, 0) is 11.4 Å². The van der Waals surface area contributed by atoms with E-state index in [-0.39, 0.29) is 11.9 Å². The summed E-state index contributed by atoms with van der Waals surface area (Å²) in [5.74, 6) is 2.06. The van der Waals surface area contributed by atoms with E-state index in [2.05, 4.69) is 11.4 Å². The number of nitrogens with zero attached hydrogens (tertiary/aromatic N) is 1. The first-order chi connectivity index (χ1) is 14.0. The first-order valence-electron chi connectivity index (χ1n) is 10.2. The number of amides is 1. The molecule has 1 saturated heterocycles. The molecule has 0 unspecified atom stereocenters. The number of carbonyl (C=O) groups excluding carboxylic acids is 1. The van der Waals surface area contributed by atoms with E-state index < -0.39 is 0 Å². The van der Waals surface area contributed by atoms with Crippen molar-refractivity contribution in [3.63, 3.8) is 0 Å². The van der Waals surface area contributed by atoms with Crippen molar-refractivity contribution in [2.75, 3.05) is 0 Å². The number of benzene rings is 1. The van der Waals surface area contributed by atoms with Gasteiger partial charge in [0.15, 0.2) is 5.11 Å². The minimum absolute atomic E-state index is 0.0636. The van der Waals surface area contributed by atoms with Gasteiger partial charge in [-0.15, -0.1) is 0 Å². The molecule has 0 bridgehead atoms. The lowest BCUT2D eigenvalue weighted by atomic mass is 9.94. The molecule has 152 valence electrons.